The van der Waals surface area contributed by atoms with E-state index >= 15 is 0 Å². The average molecular weight is 372 g/mol. The molecule has 0 aliphatic rings. The van der Waals surface area contributed by atoms with E-state index in [9.17, 15) is 9.18 Å². The summed E-state index contributed by atoms with van der Waals surface area (Å²) in [6.07, 6.45) is 0. The molecule has 20 heavy (non-hydrogen) atoms. The summed E-state index contributed by atoms with van der Waals surface area (Å²) in [7, 11) is 0. The number of ketones is 1. The molecule has 0 aliphatic heterocycles. The predicted octanol–water partition coefficient (Wildman–Crippen LogP) is 6.32. The molecule has 0 saturated carbocycles. The highest BCUT2D eigenvalue weighted by atomic mass is 35.5. The van der Waals surface area contributed by atoms with Crippen molar-refractivity contribution in [3.05, 3.63) is 66.3 Å². The van der Waals surface area contributed by atoms with Crippen LogP contribution in [0, 0.1) is 5.82 Å². The first-order chi connectivity index (χ1) is 9.34. The van der Waals surface area contributed by atoms with Gasteiger partial charge in [0, 0.05) is 5.56 Å². The third-order valence-corrected chi connectivity index (χ3v) is 4.48. The van der Waals surface area contributed by atoms with E-state index in [2.05, 4.69) is 0 Å². The molecule has 0 heterocycles. The maximum atomic E-state index is 13.4. The molecule has 0 fully saturated rings. The van der Waals surface area contributed by atoms with Gasteiger partial charge in [-0.15, -0.1) is 0 Å². The first kappa shape index (κ1) is 15.9. The van der Waals surface area contributed by atoms with Crippen LogP contribution >= 0.6 is 58.0 Å². The van der Waals surface area contributed by atoms with Crippen molar-refractivity contribution in [2.45, 2.75) is 0 Å². The molecule has 0 bridgehead atoms. The number of carbonyl (C=O) groups is 1. The van der Waals surface area contributed by atoms with E-state index < -0.39 is 11.6 Å². The quantitative estimate of drug-likeness (QED) is 0.342. The smallest absolute Gasteiger partial charge is 0.197 e. The second kappa shape index (κ2) is 6.08. The lowest BCUT2D eigenvalue weighted by atomic mass is 10.0. The number of hydrogen-bond donors (Lipinski definition) is 0. The fraction of sp³-hybridized carbons (Fsp3) is 0. The highest BCUT2D eigenvalue weighted by Gasteiger charge is 2.23. The first-order valence-corrected chi connectivity index (χ1v) is 7.05. The Kier molecular flexibility index (Phi) is 4.83. The molecule has 104 valence electrons. The zero-order chi connectivity index (χ0) is 15.0. The molecule has 0 aliphatic carbocycles. The van der Waals surface area contributed by atoms with E-state index in [1.54, 1.807) is 0 Å². The highest BCUT2D eigenvalue weighted by molar-refractivity contribution is 6.51. The Labute approximate surface area is 139 Å². The van der Waals surface area contributed by atoms with Crippen LogP contribution in [0.2, 0.25) is 25.1 Å². The number of rotatable bonds is 2. The lowest BCUT2D eigenvalue weighted by Gasteiger charge is -2.10. The fourth-order valence-electron chi connectivity index (χ4n) is 1.59. The van der Waals surface area contributed by atoms with Gasteiger partial charge in [-0.25, -0.2) is 4.39 Å². The van der Waals surface area contributed by atoms with Gasteiger partial charge in [-0.1, -0.05) is 64.1 Å². The van der Waals surface area contributed by atoms with Gasteiger partial charge in [0.25, 0.3) is 0 Å². The van der Waals surface area contributed by atoms with Crippen molar-refractivity contribution in [2.75, 3.05) is 0 Å². The Balaban J connectivity index is 2.66. The number of benzene rings is 2. The molecule has 1 nitrogen and oxygen atoms in total. The molecular formula is C13H4Cl5FO. The van der Waals surface area contributed by atoms with Crippen LogP contribution in [0.4, 0.5) is 4.39 Å². The van der Waals surface area contributed by atoms with Crippen molar-refractivity contribution in [1.82, 2.24) is 0 Å². The fourth-order valence-corrected chi connectivity index (χ4v) is 2.88. The topological polar surface area (TPSA) is 17.1 Å². The number of carbonyl (C=O) groups excluding carboxylic acids is 1. The van der Waals surface area contributed by atoms with Crippen LogP contribution in [0.1, 0.15) is 15.9 Å². The molecule has 0 unspecified atom stereocenters. The molecule has 0 amide bonds. The van der Waals surface area contributed by atoms with Gasteiger partial charge in [0.15, 0.2) is 5.78 Å². The molecule has 2 rings (SSSR count). The van der Waals surface area contributed by atoms with Gasteiger partial charge in [0.05, 0.1) is 30.7 Å². The summed E-state index contributed by atoms with van der Waals surface area (Å²) in [6.45, 7) is 0. The highest BCUT2D eigenvalue weighted by Crippen LogP contribution is 2.39. The second-order valence-electron chi connectivity index (χ2n) is 3.77. The molecule has 0 atom stereocenters. The van der Waals surface area contributed by atoms with Gasteiger partial charge in [0.1, 0.15) is 5.82 Å². The largest absolute Gasteiger partial charge is 0.288 e. The van der Waals surface area contributed by atoms with Gasteiger partial charge in [-0.05, 0) is 18.2 Å². The van der Waals surface area contributed by atoms with Gasteiger partial charge in [-0.2, -0.15) is 0 Å². The van der Waals surface area contributed by atoms with Crippen LogP contribution in [0.25, 0.3) is 0 Å². The van der Waals surface area contributed by atoms with E-state index in [0.29, 0.717) is 0 Å². The van der Waals surface area contributed by atoms with Crippen LogP contribution in [0.3, 0.4) is 0 Å². The van der Waals surface area contributed by atoms with Crippen LogP contribution in [0.5, 0.6) is 0 Å². The van der Waals surface area contributed by atoms with E-state index in [4.69, 9.17) is 58.0 Å². The summed E-state index contributed by atoms with van der Waals surface area (Å²) >= 11 is 29.4. The molecule has 0 aromatic heterocycles. The zero-order valence-corrected chi connectivity index (χ0v) is 13.3. The standard InChI is InChI=1S/C13H4Cl5FO/c14-6-4-7(15)11(17)12(18)9(6)13(20)5-2-1-3-8(19)10(5)16/h1-4H. The Bertz CT molecular complexity index is 714. The molecule has 0 radical (unpaired) electrons. The second-order valence-corrected chi connectivity index (χ2v) is 5.72. The minimum atomic E-state index is -0.718. The predicted molar refractivity (Wildman–Crippen MR) is 81.3 cm³/mol. The molecule has 2 aromatic rings. The van der Waals surface area contributed by atoms with E-state index in [-0.39, 0.29) is 36.2 Å². The van der Waals surface area contributed by atoms with E-state index in [1.807, 2.05) is 0 Å². The SMILES string of the molecule is O=C(c1cccc(F)c1Cl)c1c(Cl)cc(Cl)c(Cl)c1Cl. The minimum Gasteiger partial charge on any atom is -0.288 e. The molecule has 0 spiro atoms. The van der Waals surface area contributed by atoms with Crippen molar-refractivity contribution < 1.29 is 9.18 Å². The van der Waals surface area contributed by atoms with E-state index in [1.165, 1.54) is 18.2 Å². The van der Waals surface area contributed by atoms with Crippen molar-refractivity contribution in [1.29, 1.82) is 0 Å². The maximum Gasteiger partial charge on any atom is 0.197 e. The van der Waals surface area contributed by atoms with Gasteiger partial charge < -0.3 is 0 Å². The average Bonchev–Trinajstić information content (AvgIpc) is 2.39. The summed E-state index contributed by atoms with van der Waals surface area (Å²) in [5, 5.41) is -0.294. The number of hydrogen-bond acceptors (Lipinski definition) is 1. The Morgan fingerprint density at radius 2 is 1.55 bits per heavy atom. The van der Waals surface area contributed by atoms with Gasteiger partial charge >= 0.3 is 0 Å². The van der Waals surface area contributed by atoms with Gasteiger partial charge in [-0.3, -0.25) is 4.79 Å². The summed E-state index contributed by atoms with van der Waals surface area (Å²) in [4.78, 5) is 12.4. The third-order valence-electron chi connectivity index (χ3n) is 2.54. The van der Waals surface area contributed by atoms with Crippen molar-refractivity contribution in [3.63, 3.8) is 0 Å². The Morgan fingerprint density at radius 3 is 2.20 bits per heavy atom. The van der Waals surface area contributed by atoms with Crippen molar-refractivity contribution in [2.24, 2.45) is 0 Å². The van der Waals surface area contributed by atoms with Gasteiger partial charge in [0.2, 0.25) is 0 Å². The first-order valence-electron chi connectivity index (χ1n) is 5.16. The molecule has 2 aromatic carbocycles. The zero-order valence-electron chi connectivity index (χ0n) is 9.49. The van der Waals surface area contributed by atoms with Crippen LogP contribution in [0.15, 0.2) is 24.3 Å². The summed E-state index contributed by atoms with van der Waals surface area (Å²) in [6, 6.07) is 5.14. The van der Waals surface area contributed by atoms with Crippen LogP contribution in [-0.2, 0) is 0 Å². The monoisotopic (exact) mass is 370 g/mol. The molecular weight excluding hydrogens is 368 g/mol. The third kappa shape index (κ3) is 2.76. The summed E-state index contributed by atoms with van der Waals surface area (Å²) < 4.78 is 13.4. The molecule has 0 saturated heterocycles. The van der Waals surface area contributed by atoms with E-state index in [0.717, 1.165) is 6.07 Å². The van der Waals surface area contributed by atoms with Crippen LogP contribution in [-0.4, -0.2) is 5.78 Å². The van der Waals surface area contributed by atoms with Crippen molar-refractivity contribution in [3.8, 4) is 0 Å². The lowest BCUT2D eigenvalue weighted by Crippen LogP contribution is -2.05. The summed E-state index contributed by atoms with van der Waals surface area (Å²) in [5.74, 6) is -1.35. The minimum absolute atomic E-state index is 0.00592. The molecule has 7 heteroatoms. The molecule has 0 N–H and O–H groups in total. The van der Waals surface area contributed by atoms with Crippen molar-refractivity contribution >= 4 is 63.8 Å². The lowest BCUT2D eigenvalue weighted by molar-refractivity contribution is 0.103. The number of halogens is 6. The summed E-state index contributed by atoms with van der Waals surface area (Å²) in [5.41, 5.74) is -0.135. The van der Waals surface area contributed by atoms with Crippen LogP contribution < -0.4 is 0 Å². The normalized spacial score (nSPS) is 10.7. The maximum absolute atomic E-state index is 13.4. The Hall–Kier alpha value is -0.510. The Morgan fingerprint density at radius 1 is 0.900 bits per heavy atom.